The molecule has 2 nitrogen and oxygen atoms in total. The van der Waals surface area contributed by atoms with Gasteiger partial charge in [0.25, 0.3) is 0 Å². The second-order valence-corrected chi connectivity index (χ2v) is 6.99. The van der Waals surface area contributed by atoms with Gasteiger partial charge >= 0.3 is 0 Å². The van der Waals surface area contributed by atoms with Crippen LogP contribution in [0.2, 0.25) is 4.34 Å². The molecule has 0 spiro atoms. The summed E-state index contributed by atoms with van der Waals surface area (Å²) in [5, 5.41) is 3.44. The summed E-state index contributed by atoms with van der Waals surface area (Å²) >= 11 is 7.68. The molecule has 2 heterocycles. The summed E-state index contributed by atoms with van der Waals surface area (Å²) in [5.74, 6) is 1.54. The SMILES string of the molecule is CNC(Cc1ccc(Cl)s1)C1COc2ccccc2C1. The molecule has 0 radical (unpaired) electrons. The minimum atomic E-state index is 0.415. The molecule has 4 heteroatoms. The molecule has 1 aliphatic rings. The van der Waals surface area contributed by atoms with E-state index in [1.807, 2.05) is 19.2 Å². The lowest BCUT2D eigenvalue weighted by molar-refractivity contribution is 0.187. The van der Waals surface area contributed by atoms with E-state index < -0.39 is 0 Å². The van der Waals surface area contributed by atoms with E-state index in [9.17, 15) is 0 Å². The highest BCUT2D eigenvalue weighted by Crippen LogP contribution is 2.30. The van der Waals surface area contributed by atoms with Crippen molar-refractivity contribution >= 4 is 22.9 Å². The molecular weight excluding hydrogens is 290 g/mol. The van der Waals surface area contributed by atoms with Gasteiger partial charge in [0.15, 0.2) is 0 Å². The summed E-state index contributed by atoms with van der Waals surface area (Å²) in [6.07, 6.45) is 2.07. The van der Waals surface area contributed by atoms with E-state index in [0.29, 0.717) is 12.0 Å². The fraction of sp³-hybridized carbons (Fsp3) is 0.375. The van der Waals surface area contributed by atoms with Crippen LogP contribution in [-0.2, 0) is 12.8 Å². The van der Waals surface area contributed by atoms with Crippen molar-refractivity contribution in [2.24, 2.45) is 5.92 Å². The number of hydrogen-bond donors (Lipinski definition) is 1. The molecule has 2 aromatic rings. The van der Waals surface area contributed by atoms with Crippen LogP contribution in [0.15, 0.2) is 36.4 Å². The van der Waals surface area contributed by atoms with Crippen molar-refractivity contribution in [3.8, 4) is 5.75 Å². The third-order valence-electron chi connectivity index (χ3n) is 3.90. The van der Waals surface area contributed by atoms with E-state index in [0.717, 1.165) is 29.5 Å². The van der Waals surface area contributed by atoms with Gasteiger partial charge in [-0.3, -0.25) is 0 Å². The van der Waals surface area contributed by atoms with Crippen molar-refractivity contribution in [2.75, 3.05) is 13.7 Å². The first-order valence-corrected chi connectivity index (χ1v) is 8.08. The van der Waals surface area contributed by atoms with E-state index in [4.69, 9.17) is 16.3 Å². The van der Waals surface area contributed by atoms with Crippen LogP contribution in [0.25, 0.3) is 0 Å². The van der Waals surface area contributed by atoms with E-state index in [-0.39, 0.29) is 0 Å². The average Bonchev–Trinajstić information content (AvgIpc) is 2.89. The minimum absolute atomic E-state index is 0.415. The standard InChI is InChI=1S/C16H18ClNOS/c1-18-14(9-13-6-7-16(17)20-13)12-8-11-4-2-3-5-15(11)19-10-12/h2-7,12,14,18H,8-10H2,1H3. The molecule has 0 fully saturated rings. The van der Waals surface area contributed by atoms with Crippen LogP contribution in [0.1, 0.15) is 10.4 Å². The Morgan fingerprint density at radius 2 is 2.20 bits per heavy atom. The highest BCUT2D eigenvalue weighted by molar-refractivity contribution is 7.16. The van der Waals surface area contributed by atoms with Gasteiger partial charge in [-0.2, -0.15) is 0 Å². The molecule has 2 atom stereocenters. The predicted octanol–water partition coefficient (Wildman–Crippen LogP) is 3.78. The van der Waals surface area contributed by atoms with Gasteiger partial charge in [-0.1, -0.05) is 29.8 Å². The second kappa shape index (κ2) is 6.17. The third kappa shape index (κ3) is 3.00. The quantitative estimate of drug-likeness (QED) is 0.928. The van der Waals surface area contributed by atoms with Gasteiger partial charge in [0.2, 0.25) is 0 Å². The zero-order chi connectivity index (χ0) is 13.9. The zero-order valence-electron chi connectivity index (χ0n) is 11.4. The largest absolute Gasteiger partial charge is 0.493 e. The van der Waals surface area contributed by atoms with Gasteiger partial charge in [-0.15, -0.1) is 11.3 Å². The molecule has 0 saturated carbocycles. The molecule has 2 unspecified atom stereocenters. The lowest BCUT2D eigenvalue weighted by atomic mass is 9.88. The van der Waals surface area contributed by atoms with E-state index >= 15 is 0 Å². The van der Waals surface area contributed by atoms with Crippen molar-refractivity contribution in [1.29, 1.82) is 0 Å². The number of rotatable bonds is 4. The Hall–Kier alpha value is -1.03. The minimum Gasteiger partial charge on any atom is -0.493 e. The maximum atomic E-state index is 6.01. The Balaban J connectivity index is 1.71. The number of benzene rings is 1. The first kappa shape index (κ1) is 13.9. The Kier molecular flexibility index (Phi) is 4.29. The smallest absolute Gasteiger partial charge is 0.122 e. The normalized spacial score (nSPS) is 19.2. The lowest BCUT2D eigenvalue weighted by Crippen LogP contribution is -2.41. The van der Waals surface area contributed by atoms with Gasteiger partial charge < -0.3 is 10.1 Å². The Morgan fingerprint density at radius 1 is 1.35 bits per heavy atom. The Morgan fingerprint density at radius 3 is 2.95 bits per heavy atom. The number of likely N-dealkylation sites (N-methyl/N-ethyl adjacent to an activating group) is 1. The second-order valence-electron chi connectivity index (χ2n) is 5.19. The molecule has 1 N–H and O–H groups in total. The monoisotopic (exact) mass is 307 g/mol. The molecule has 0 bridgehead atoms. The molecule has 0 saturated heterocycles. The topological polar surface area (TPSA) is 21.3 Å². The fourth-order valence-electron chi connectivity index (χ4n) is 2.79. The van der Waals surface area contributed by atoms with Crippen LogP contribution in [0.5, 0.6) is 5.75 Å². The first-order chi connectivity index (χ1) is 9.76. The van der Waals surface area contributed by atoms with E-state index in [2.05, 4.69) is 29.6 Å². The van der Waals surface area contributed by atoms with Gasteiger partial charge in [-0.05, 0) is 43.7 Å². The summed E-state index contributed by atoms with van der Waals surface area (Å²) < 4.78 is 6.76. The van der Waals surface area contributed by atoms with Crippen LogP contribution in [0, 0.1) is 5.92 Å². The Labute approximate surface area is 128 Å². The lowest BCUT2D eigenvalue weighted by Gasteiger charge is -2.31. The maximum absolute atomic E-state index is 6.01. The summed E-state index contributed by atoms with van der Waals surface area (Å²) in [6.45, 7) is 0.779. The number of fused-ring (bicyclic) bond motifs is 1. The highest BCUT2D eigenvalue weighted by Gasteiger charge is 2.26. The van der Waals surface area contributed by atoms with E-state index in [1.54, 1.807) is 11.3 Å². The zero-order valence-corrected chi connectivity index (χ0v) is 13.0. The number of halogens is 1. The summed E-state index contributed by atoms with van der Waals surface area (Å²) in [6, 6.07) is 12.8. The van der Waals surface area contributed by atoms with Crippen LogP contribution in [0.4, 0.5) is 0 Å². The van der Waals surface area contributed by atoms with Crippen LogP contribution in [0.3, 0.4) is 0 Å². The van der Waals surface area contributed by atoms with Crippen molar-refractivity contribution in [3.63, 3.8) is 0 Å². The molecule has 0 amide bonds. The molecule has 1 aromatic carbocycles. The fourth-order valence-corrected chi connectivity index (χ4v) is 3.94. The van der Waals surface area contributed by atoms with Crippen molar-refractivity contribution in [3.05, 3.63) is 51.2 Å². The molecule has 0 aliphatic carbocycles. The van der Waals surface area contributed by atoms with Crippen molar-refractivity contribution in [2.45, 2.75) is 18.9 Å². The number of para-hydroxylation sites is 1. The summed E-state index contributed by atoms with van der Waals surface area (Å²) in [7, 11) is 2.03. The summed E-state index contributed by atoms with van der Waals surface area (Å²) in [5.41, 5.74) is 1.31. The maximum Gasteiger partial charge on any atom is 0.122 e. The number of thiophene rings is 1. The third-order valence-corrected chi connectivity index (χ3v) is 5.15. The van der Waals surface area contributed by atoms with Crippen LogP contribution in [-0.4, -0.2) is 19.7 Å². The number of nitrogens with one attached hydrogen (secondary N) is 1. The Bertz CT molecular complexity index is 583. The van der Waals surface area contributed by atoms with Gasteiger partial charge in [0.05, 0.1) is 10.9 Å². The van der Waals surface area contributed by atoms with Gasteiger partial charge in [0.1, 0.15) is 5.75 Å². The van der Waals surface area contributed by atoms with Crippen molar-refractivity contribution < 1.29 is 4.74 Å². The molecule has 1 aromatic heterocycles. The highest BCUT2D eigenvalue weighted by atomic mass is 35.5. The number of ether oxygens (including phenoxy) is 1. The van der Waals surface area contributed by atoms with Crippen molar-refractivity contribution in [1.82, 2.24) is 5.32 Å². The molecule has 106 valence electrons. The predicted molar refractivity (Wildman–Crippen MR) is 85.0 cm³/mol. The number of hydrogen-bond acceptors (Lipinski definition) is 3. The van der Waals surface area contributed by atoms with Gasteiger partial charge in [0, 0.05) is 16.8 Å². The van der Waals surface area contributed by atoms with E-state index in [1.165, 1.54) is 10.4 Å². The molecule has 20 heavy (non-hydrogen) atoms. The summed E-state index contributed by atoms with van der Waals surface area (Å²) in [4.78, 5) is 1.33. The molecule has 1 aliphatic heterocycles. The average molecular weight is 308 g/mol. The van der Waals surface area contributed by atoms with Crippen LogP contribution >= 0.6 is 22.9 Å². The van der Waals surface area contributed by atoms with Gasteiger partial charge in [-0.25, -0.2) is 0 Å². The molecular formula is C16H18ClNOS. The molecule has 3 rings (SSSR count). The van der Waals surface area contributed by atoms with Crippen LogP contribution < -0.4 is 10.1 Å². The first-order valence-electron chi connectivity index (χ1n) is 6.88.